The Labute approximate surface area is 189 Å². The minimum Gasteiger partial charge on any atom is -0.312 e. The zero-order valence-corrected chi connectivity index (χ0v) is 18.9. The van der Waals surface area contributed by atoms with Crippen LogP contribution in [0.4, 0.5) is 10.8 Å². The molecule has 2 amide bonds. The third-order valence-corrected chi connectivity index (χ3v) is 7.62. The molecule has 11 heteroatoms. The molecular weight excluding hydrogens is 450 g/mol. The Hall–Kier alpha value is -3.15. The fraction of sp³-hybridized carbons (Fsp3) is 0.238. The monoisotopic (exact) mass is 471 g/mol. The zero-order chi connectivity index (χ0) is 22.7. The number of hydrogen-bond acceptors (Lipinski definition) is 7. The van der Waals surface area contributed by atoms with Crippen molar-refractivity contribution in [2.45, 2.75) is 30.6 Å². The number of amides is 2. The van der Waals surface area contributed by atoms with Gasteiger partial charge in [-0.15, -0.1) is 10.2 Å². The highest BCUT2D eigenvalue weighted by atomic mass is 32.2. The smallest absolute Gasteiger partial charge is 0.270 e. The van der Waals surface area contributed by atoms with Crippen molar-refractivity contribution in [3.8, 4) is 0 Å². The van der Waals surface area contributed by atoms with E-state index in [4.69, 9.17) is 0 Å². The second kappa shape index (κ2) is 9.15. The third-order valence-electron chi connectivity index (χ3n) is 5.01. The number of carbonyl (C=O) groups is 2. The molecule has 2 heterocycles. The first-order valence-electron chi connectivity index (χ1n) is 9.93. The molecule has 1 fully saturated rings. The van der Waals surface area contributed by atoms with E-state index >= 15 is 0 Å². The molecular formula is C21H21N5O4S2. The fourth-order valence-electron chi connectivity index (χ4n) is 3.36. The Morgan fingerprint density at radius 3 is 2.72 bits per heavy atom. The van der Waals surface area contributed by atoms with Gasteiger partial charge in [-0.2, -0.15) is 0 Å². The van der Waals surface area contributed by atoms with Gasteiger partial charge in [0.25, 0.3) is 15.9 Å². The van der Waals surface area contributed by atoms with E-state index in [9.17, 15) is 18.0 Å². The van der Waals surface area contributed by atoms with E-state index in [0.717, 1.165) is 29.0 Å². The molecule has 2 aromatic carbocycles. The van der Waals surface area contributed by atoms with Crippen molar-refractivity contribution in [3.05, 3.63) is 65.2 Å². The number of benzene rings is 2. The van der Waals surface area contributed by atoms with Crippen LogP contribution in [0.3, 0.4) is 0 Å². The van der Waals surface area contributed by atoms with E-state index < -0.39 is 10.0 Å². The number of carbonyl (C=O) groups excluding carboxylic acids is 2. The summed E-state index contributed by atoms with van der Waals surface area (Å²) < 4.78 is 27.5. The first-order chi connectivity index (χ1) is 15.3. The summed E-state index contributed by atoms with van der Waals surface area (Å²) in [6.45, 7) is 2.50. The lowest BCUT2D eigenvalue weighted by Crippen LogP contribution is -2.25. The van der Waals surface area contributed by atoms with Crippen LogP contribution in [0.2, 0.25) is 0 Å². The number of rotatable bonds is 7. The van der Waals surface area contributed by atoms with Gasteiger partial charge in [0.05, 0.1) is 0 Å². The van der Waals surface area contributed by atoms with Crippen LogP contribution < -0.4 is 14.9 Å². The largest absolute Gasteiger partial charge is 0.312 e. The van der Waals surface area contributed by atoms with Crippen molar-refractivity contribution in [3.63, 3.8) is 0 Å². The molecule has 0 radical (unpaired) electrons. The minimum absolute atomic E-state index is 0.0304. The van der Waals surface area contributed by atoms with Crippen molar-refractivity contribution in [1.29, 1.82) is 0 Å². The molecule has 166 valence electrons. The number of hydrogen-bond donors (Lipinski definition) is 2. The number of anilines is 2. The quantitative estimate of drug-likeness (QED) is 0.511. The Bertz CT molecular complexity index is 1270. The lowest BCUT2D eigenvalue weighted by Gasteiger charge is -2.16. The van der Waals surface area contributed by atoms with Gasteiger partial charge in [-0.25, -0.2) is 13.1 Å². The van der Waals surface area contributed by atoms with Crippen LogP contribution in [0.25, 0.3) is 0 Å². The van der Waals surface area contributed by atoms with E-state index in [-0.39, 0.29) is 27.8 Å². The molecule has 3 aromatic rings. The maximum Gasteiger partial charge on any atom is 0.270 e. The van der Waals surface area contributed by atoms with Gasteiger partial charge in [0.15, 0.2) is 0 Å². The summed E-state index contributed by atoms with van der Waals surface area (Å²) in [6.07, 6.45) is 1.34. The molecule has 0 aliphatic carbocycles. The van der Waals surface area contributed by atoms with E-state index in [1.807, 2.05) is 25.1 Å². The highest BCUT2D eigenvalue weighted by Crippen LogP contribution is 2.24. The third kappa shape index (κ3) is 4.85. The molecule has 1 aromatic heterocycles. The summed E-state index contributed by atoms with van der Waals surface area (Å²) in [5.41, 5.74) is 2.73. The van der Waals surface area contributed by atoms with Gasteiger partial charge < -0.3 is 4.90 Å². The molecule has 2 N–H and O–H groups in total. The predicted molar refractivity (Wildman–Crippen MR) is 121 cm³/mol. The summed E-state index contributed by atoms with van der Waals surface area (Å²) in [7, 11) is -3.93. The summed E-state index contributed by atoms with van der Waals surface area (Å²) >= 11 is 0.770. The minimum atomic E-state index is -3.93. The Balaban J connectivity index is 1.41. The van der Waals surface area contributed by atoms with E-state index in [0.29, 0.717) is 24.1 Å². The van der Waals surface area contributed by atoms with Gasteiger partial charge in [-0.1, -0.05) is 41.7 Å². The molecule has 9 nitrogen and oxygen atoms in total. The number of nitrogens with zero attached hydrogens (tertiary/aromatic N) is 3. The molecule has 32 heavy (non-hydrogen) atoms. The highest BCUT2D eigenvalue weighted by molar-refractivity contribution is 7.91. The first kappa shape index (κ1) is 22.1. The SMILES string of the molecule is Cc1ccccc1C(=O)Nc1nnc(S(=O)(=O)NCc2cccc(N3CCCC3=O)c2)s1. The Kier molecular flexibility index (Phi) is 6.31. The molecule has 0 atom stereocenters. The standard InChI is InChI=1S/C21H21N5O4S2/c1-14-6-2-3-9-17(14)19(28)23-20-24-25-21(31-20)32(29,30)22-13-15-7-4-8-16(12-15)26-11-5-10-18(26)27/h2-4,6-9,12,22H,5,10-11,13H2,1H3,(H,23,24,28). The predicted octanol–water partition coefficient (Wildman–Crippen LogP) is 2.70. The van der Waals surface area contributed by atoms with Gasteiger partial charge in [0, 0.05) is 30.8 Å². The van der Waals surface area contributed by atoms with Crippen molar-refractivity contribution < 1.29 is 18.0 Å². The average Bonchev–Trinajstić information content (AvgIpc) is 3.42. The van der Waals surface area contributed by atoms with Crippen molar-refractivity contribution in [2.24, 2.45) is 0 Å². The summed E-state index contributed by atoms with van der Waals surface area (Å²) in [5.74, 6) is -0.318. The molecule has 0 unspecified atom stereocenters. The Morgan fingerprint density at radius 2 is 1.97 bits per heavy atom. The van der Waals surface area contributed by atoms with Crippen molar-refractivity contribution in [1.82, 2.24) is 14.9 Å². The molecule has 1 aliphatic heterocycles. The van der Waals surface area contributed by atoms with Crippen LogP contribution >= 0.6 is 11.3 Å². The van der Waals surface area contributed by atoms with E-state index in [2.05, 4.69) is 20.2 Å². The van der Waals surface area contributed by atoms with Gasteiger partial charge in [-0.3, -0.25) is 14.9 Å². The number of sulfonamides is 1. The zero-order valence-electron chi connectivity index (χ0n) is 17.2. The lowest BCUT2D eigenvalue weighted by atomic mass is 10.1. The van der Waals surface area contributed by atoms with Crippen molar-refractivity contribution >= 4 is 44.0 Å². The molecule has 0 spiro atoms. The van der Waals surface area contributed by atoms with E-state index in [1.54, 1.807) is 35.2 Å². The van der Waals surface area contributed by atoms with Crippen LogP contribution in [0.5, 0.6) is 0 Å². The normalized spacial score (nSPS) is 14.0. The highest BCUT2D eigenvalue weighted by Gasteiger charge is 2.23. The number of nitrogens with one attached hydrogen (secondary N) is 2. The van der Waals surface area contributed by atoms with E-state index in [1.165, 1.54) is 0 Å². The molecule has 4 rings (SSSR count). The summed E-state index contributed by atoms with van der Waals surface area (Å²) in [5, 5.41) is 10.2. The number of aryl methyl sites for hydroxylation is 1. The lowest BCUT2D eigenvalue weighted by molar-refractivity contribution is -0.117. The summed E-state index contributed by atoms with van der Waals surface area (Å²) in [6, 6.07) is 14.2. The van der Waals surface area contributed by atoms with Crippen LogP contribution in [0.1, 0.15) is 34.3 Å². The fourth-order valence-corrected chi connectivity index (χ4v) is 5.31. The van der Waals surface area contributed by atoms with Gasteiger partial charge in [-0.05, 0) is 42.7 Å². The number of aromatic nitrogens is 2. The van der Waals surface area contributed by atoms with Crippen LogP contribution in [0, 0.1) is 6.92 Å². The van der Waals surface area contributed by atoms with Gasteiger partial charge in [0.2, 0.25) is 15.4 Å². The topological polar surface area (TPSA) is 121 Å². The second-order valence-corrected chi connectivity index (χ2v) is 10.2. The molecule has 0 saturated carbocycles. The molecule has 0 bridgehead atoms. The van der Waals surface area contributed by atoms with Crippen LogP contribution in [0.15, 0.2) is 52.9 Å². The van der Waals surface area contributed by atoms with Crippen LogP contribution in [-0.2, 0) is 21.4 Å². The molecule has 1 aliphatic rings. The van der Waals surface area contributed by atoms with Gasteiger partial charge >= 0.3 is 0 Å². The Morgan fingerprint density at radius 1 is 1.16 bits per heavy atom. The second-order valence-electron chi connectivity index (χ2n) is 7.29. The first-order valence-corrected chi connectivity index (χ1v) is 12.2. The van der Waals surface area contributed by atoms with Crippen LogP contribution in [-0.4, -0.2) is 37.0 Å². The summed E-state index contributed by atoms with van der Waals surface area (Å²) in [4.78, 5) is 26.1. The molecule has 1 saturated heterocycles. The maximum absolute atomic E-state index is 12.6. The van der Waals surface area contributed by atoms with Crippen molar-refractivity contribution in [2.75, 3.05) is 16.8 Å². The maximum atomic E-state index is 12.6. The van der Waals surface area contributed by atoms with Gasteiger partial charge in [0.1, 0.15) is 0 Å². The average molecular weight is 472 g/mol.